The lowest BCUT2D eigenvalue weighted by Gasteiger charge is -2.31. The van der Waals surface area contributed by atoms with Crippen LogP contribution in [0.2, 0.25) is 0 Å². The zero-order valence-electron chi connectivity index (χ0n) is 14.9. The lowest BCUT2D eigenvalue weighted by molar-refractivity contribution is 0.0336. The first-order chi connectivity index (χ1) is 10.8. The highest BCUT2D eigenvalue weighted by molar-refractivity contribution is 5.38. The Morgan fingerprint density at radius 3 is 2.48 bits per heavy atom. The number of aliphatic hydroxyl groups excluding tert-OH is 2. The zero-order chi connectivity index (χ0) is 17.0. The quantitative estimate of drug-likeness (QED) is 0.875. The molecule has 1 aromatic carbocycles. The van der Waals surface area contributed by atoms with Crippen molar-refractivity contribution in [3.05, 3.63) is 29.3 Å². The molecular weight excluding hydrogens is 290 g/mol. The maximum Gasteiger partial charge on any atom is 0.122 e. The summed E-state index contributed by atoms with van der Waals surface area (Å²) < 4.78 is 5.80. The van der Waals surface area contributed by atoms with Crippen LogP contribution in [-0.2, 0) is 5.41 Å². The Morgan fingerprint density at radius 2 is 1.91 bits per heavy atom. The van der Waals surface area contributed by atoms with Crippen LogP contribution in [-0.4, -0.2) is 53.6 Å². The number of piperidine rings is 1. The van der Waals surface area contributed by atoms with Gasteiger partial charge in [-0.2, -0.15) is 0 Å². The third-order valence-corrected chi connectivity index (χ3v) is 4.50. The third kappa shape index (κ3) is 5.48. The van der Waals surface area contributed by atoms with Gasteiger partial charge in [0.25, 0.3) is 0 Å². The number of hydrogen-bond acceptors (Lipinski definition) is 4. The molecule has 2 N–H and O–H groups in total. The van der Waals surface area contributed by atoms with Gasteiger partial charge in [0.05, 0.1) is 6.10 Å². The van der Waals surface area contributed by atoms with Gasteiger partial charge in [-0.05, 0) is 42.4 Å². The summed E-state index contributed by atoms with van der Waals surface area (Å²) in [6.45, 7) is 11.2. The van der Waals surface area contributed by atoms with Crippen molar-refractivity contribution >= 4 is 0 Å². The van der Waals surface area contributed by atoms with E-state index in [1.54, 1.807) is 0 Å². The van der Waals surface area contributed by atoms with Gasteiger partial charge < -0.3 is 19.8 Å². The highest BCUT2D eigenvalue weighted by atomic mass is 16.5. The van der Waals surface area contributed by atoms with E-state index in [4.69, 9.17) is 4.74 Å². The summed E-state index contributed by atoms with van der Waals surface area (Å²) in [4.78, 5) is 2.19. The maximum absolute atomic E-state index is 10.2. The van der Waals surface area contributed by atoms with Crippen molar-refractivity contribution < 1.29 is 14.9 Å². The smallest absolute Gasteiger partial charge is 0.122 e. The van der Waals surface area contributed by atoms with Gasteiger partial charge in [0.2, 0.25) is 0 Å². The van der Waals surface area contributed by atoms with E-state index in [9.17, 15) is 10.2 Å². The molecule has 1 aromatic rings. The maximum atomic E-state index is 10.2. The van der Waals surface area contributed by atoms with Gasteiger partial charge in [0, 0.05) is 19.6 Å². The van der Waals surface area contributed by atoms with Crippen LogP contribution in [0.1, 0.15) is 44.7 Å². The Hall–Kier alpha value is -1.10. The van der Waals surface area contributed by atoms with Gasteiger partial charge in [0.1, 0.15) is 18.5 Å². The molecule has 1 fully saturated rings. The summed E-state index contributed by atoms with van der Waals surface area (Å²) in [5, 5.41) is 19.7. The lowest BCUT2D eigenvalue weighted by Crippen LogP contribution is -2.41. The highest BCUT2D eigenvalue weighted by Crippen LogP contribution is 2.27. The molecule has 0 radical (unpaired) electrons. The van der Waals surface area contributed by atoms with Gasteiger partial charge in [0.15, 0.2) is 0 Å². The van der Waals surface area contributed by atoms with Crippen LogP contribution in [0.3, 0.4) is 0 Å². The van der Waals surface area contributed by atoms with E-state index in [-0.39, 0.29) is 11.5 Å². The number of nitrogens with zero attached hydrogens (tertiary/aromatic N) is 1. The minimum absolute atomic E-state index is 0.127. The monoisotopic (exact) mass is 321 g/mol. The molecule has 0 spiro atoms. The first-order valence-corrected chi connectivity index (χ1v) is 8.58. The number of aliphatic hydroxyl groups is 2. The Labute approximate surface area is 140 Å². The molecule has 0 bridgehead atoms. The zero-order valence-corrected chi connectivity index (χ0v) is 14.9. The first kappa shape index (κ1) is 18.2. The molecule has 0 aliphatic carbocycles. The lowest BCUT2D eigenvalue weighted by atomic mass is 9.86. The molecule has 0 unspecified atom stereocenters. The van der Waals surface area contributed by atoms with Crippen LogP contribution in [0.5, 0.6) is 5.75 Å². The number of β-amino-alcohol motifs (C(OH)–C–C–N with tert-alkyl or cyclic N) is 1. The van der Waals surface area contributed by atoms with Crippen LogP contribution in [0.15, 0.2) is 18.2 Å². The molecule has 130 valence electrons. The largest absolute Gasteiger partial charge is 0.491 e. The van der Waals surface area contributed by atoms with Crippen molar-refractivity contribution in [2.75, 3.05) is 26.2 Å². The summed E-state index contributed by atoms with van der Waals surface area (Å²) in [5.74, 6) is 0.839. The number of aryl methyl sites for hydroxylation is 1. The van der Waals surface area contributed by atoms with E-state index in [0.29, 0.717) is 13.2 Å². The molecule has 0 aromatic heterocycles. The summed E-state index contributed by atoms with van der Waals surface area (Å²) >= 11 is 0. The van der Waals surface area contributed by atoms with Crippen molar-refractivity contribution in [2.45, 2.75) is 58.2 Å². The van der Waals surface area contributed by atoms with Gasteiger partial charge in [-0.25, -0.2) is 0 Å². The number of ether oxygens (including phenoxy) is 1. The Morgan fingerprint density at radius 1 is 1.26 bits per heavy atom. The molecule has 0 amide bonds. The van der Waals surface area contributed by atoms with Gasteiger partial charge >= 0.3 is 0 Å². The number of benzene rings is 1. The predicted octanol–water partition coefficient (Wildman–Crippen LogP) is 2.49. The summed E-state index contributed by atoms with van der Waals surface area (Å²) in [6.07, 6.45) is 0.901. The van der Waals surface area contributed by atoms with Crippen LogP contribution in [0.25, 0.3) is 0 Å². The summed E-state index contributed by atoms with van der Waals surface area (Å²) in [5.41, 5.74) is 2.52. The van der Waals surface area contributed by atoms with E-state index < -0.39 is 6.10 Å². The Balaban J connectivity index is 1.83. The SMILES string of the molecule is Cc1cc(C(C)(C)C)ccc1OC[C@@H](O)CN1CCC(O)CC1. The van der Waals surface area contributed by atoms with Crippen molar-refractivity contribution in [2.24, 2.45) is 0 Å². The van der Waals surface area contributed by atoms with Crippen molar-refractivity contribution in [3.8, 4) is 5.75 Å². The molecule has 4 nitrogen and oxygen atoms in total. The summed E-state index contributed by atoms with van der Waals surface area (Å²) in [6, 6.07) is 6.26. The minimum Gasteiger partial charge on any atom is -0.491 e. The molecule has 1 aliphatic heterocycles. The molecule has 1 aliphatic rings. The highest BCUT2D eigenvalue weighted by Gasteiger charge is 2.20. The van der Waals surface area contributed by atoms with Crippen LogP contribution >= 0.6 is 0 Å². The van der Waals surface area contributed by atoms with Crippen molar-refractivity contribution in [1.29, 1.82) is 0 Å². The predicted molar refractivity (Wildman–Crippen MR) is 93.1 cm³/mol. The van der Waals surface area contributed by atoms with Gasteiger partial charge in [-0.15, -0.1) is 0 Å². The average Bonchev–Trinajstić information content (AvgIpc) is 2.47. The molecule has 2 rings (SSSR count). The van der Waals surface area contributed by atoms with Crippen molar-refractivity contribution in [1.82, 2.24) is 4.90 Å². The molecule has 23 heavy (non-hydrogen) atoms. The number of rotatable bonds is 5. The Kier molecular flexibility index (Phi) is 6.06. The molecule has 1 saturated heterocycles. The average molecular weight is 321 g/mol. The fourth-order valence-corrected chi connectivity index (χ4v) is 2.92. The van der Waals surface area contributed by atoms with Crippen LogP contribution < -0.4 is 4.74 Å². The second-order valence-corrected chi connectivity index (χ2v) is 7.73. The number of hydrogen-bond donors (Lipinski definition) is 2. The van der Waals surface area contributed by atoms with E-state index >= 15 is 0 Å². The fraction of sp³-hybridized carbons (Fsp3) is 0.684. The topological polar surface area (TPSA) is 52.9 Å². The van der Waals surface area contributed by atoms with E-state index in [1.807, 2.05) is 13.0 Å². The van der Waals surface area contributed by atoms with Crippen molar-refractivity contribution in [3.63, 3.8) is 0 Å². The molecule has 0 saturated carbocycles. The third-order valence-electron chi connectivity index (χ3n) is 4.50. The molecular formula is C19H31NO3. The molecule has 1 heterocycles. The van der Waals surface area contributed by atoms with Gasteiger partial charge in [-0.3, -0.25) is 0 Å². The second kappa shape index (κ2) is 7.65. The van der Waals surface area contributed by atoms with Crippen LogP contribution in [0, 0.1) is 6.92 Å². The molecule has 1 atom stereocenters. The Bertz CT molecular complexity index is 502. The van der Waals surface area contributed by atoms with E-state index in [1.165, 1.54) is 5.56 Å². The van der Waals surface area contributed by atoms with Gasteiger partial charge in [-0.1, -0.05) is 32.9 Å². The first-order valence-electron chi connectivity index (χ1n) is 8.58. The number of likely N-dealkylation sites (tertiary alicyclic amines) is 1. The normalized spacial score (nSPS) is 18.9. The minimum atomic E-state index is -0.507. The molecule has 4 heteroatoms. The van der Waals surface area contributed by atoms with Crippen LogP contribution in [0.4, 0.5) is 0 Å². The second-order valence-electron chi connectivity index (χ2n) is 7.73. The van der Waals surface area contributed by atoms with E-state index in [2.05, 4.69) is 37.8 Å². The fourth-order valence-electron chi connectivity index (χ4n) is 2.92. The standard InChI is InChI=1S/C19H31NO3/c1-14-11-15(19(2,3)4)5-6-18(14)23-13-17(22)12-20-9-7-16(21)8-10-20/h5-6,11,16-17,21-22H,7-10,12-13H2,1-4H3/t17-/m0/s1. The van der Waals surface area contributed by atoms with E-state index in [0.717, 1.165) is 37.2 Å². The summed E-state index contributed by atoms with van der Waals surface area (Å²) in [7, 11) is 0.